The second-order valence-corrected chi connectivity index (χ2v) is 9.08. The van der Waals surface area contributed by atoms with Crippen LogP contribution in [0.2, 0.25) is 0 Å². The van der Waals surface area contributed by atoms with E-state index < -0.39 is 11.9 Å². The van der Waals surface area contributed by atoms with Crippen LogP contribution in [0.25, 0.3) is 6.08 Å². The molecule has 0 aromatic heterocycles. The van der Waals surface area contributed by atoms with Crippen LogP contribution >= 0.6 is 0 Å². The van der Waals surface area contributed by atoms with Crippen LogP contribution < -0.4 is 0 Å². The maximum atomic E-state index is 13.1. The van der Waals surface area contributed by atoms with Crippen molar-refractivity contribution in [2.24, 2.45) is 5.92 Å². The van der Waals surface area contributed by atoms with Crippen molar-refractivity contribution in [3.8, 4) is 0 Å². The number of esters is 1. The lowest BCUT2D eigenvalue weighted by Crippen LogP contribution is -2.30. The molecule has 1 aliphatic carbocycles. The van der Waals surface area contributed by atoms with Crippen LogP contribution in [0.3, 0.4) is 0 Å². The van der Waals surface area contributed by atoms with Crippen molar-refractivity contribution in [1.29, 1.82) is 0 Å². The number of ether oxygens (including phenoxy) is 3. The van der Waals surface area contributed by atoms with Gasteiger partial charge < -0.3 is 14.2 Å². The number of hydrogen-bond acceptors (Lipinski definition) is 5. The zero-order valence-corrected chi connectivity index (χ0v) is 18.1. The monoisotopic (exact) mass is 410 g/mol. The fourth-order valence-electron chi connectivity index (χ4n) is 4.82. The van der Waals surface area contributed by atoms with Gasteiger partial charge in [0.2, 0.25) is 0 Å². The second kappa shape index (κ2) is 8.12. The summed E-state index contributed by atoms with van der Waals surface area (Å²) in [7, 11) is 0. The Morgan fingerprint density at radius 3 is 2.60 bits per heavy atom. The van der Waals surface area contributed by atoms with Gasteiger partial charge in [-0.2, -0.15) is 0 Å². The third kappa shape index (κ3) is 4.28. The second-order valence-electron chi connectivity index (χ2n) is 9.08. The molecular weight excluding hydrogens is 380 g/mol. The Balaban J connectivity index is 1.74. The summed E-state index contributed by atoms with van der Waals surface area (Å²) in [6, 6.07) is 4.00. The minimum absolute atomic E-state index is 0.0411. The van der Waals surface area contributed by atoms with E-state index in [4.69, 9.17) is 14.2 Å². The van der Waals surface area contributed by atoms with Gasteiger partial charge in [-0.3, -0.25) is 4.79 Å². The number of carbonyl (C=O) groups is 2. The highest BCUT2D eigenvalue weighted by Crippen LogP contribution is 2.34. The molecule has 30 heavy (non-hydrogen) atoms. The predicted molar refractivity (Wildman–Crippen MR) is 114 cm³/mol. The van der Waals surface area contributed by atoms with Gasteiger partial charge in [0.15, 0.2) is 11.6 Å². The largest absolute Gasteiger partial charge is 0.458 e. The average molecular weight is 411 g/mol. The van der Waals surface area contributed by atoms with E-state index in [0.717, 1.165) is 36.0 Å². The molecule has 2 aliphatic heterocycles. The fraction of sp³-hybridized carbons (Fsp3) is 0.520. The van der Waals surface area contributed by atoms with Gasteiger partial charge in [-0.05, 0) is 70.6 Å². The van der Waals surface area contributed by atoms with Crippen molar-refractivity contribution < 1.29 is 23.8 Å². The normalized spacial score (nSPS) is 33.1. The number of rotatable bonds is 0. The van der Waals surface area contributed by atoms with Crippen LogP contribution in [-0.2, 0) is 19.0 Å². The van der Waals surface area contributed by atoms with E-state index in [1.807, 2.05) is 58.1 Å². The maximum absolute atomic E-state index is 13.1. The lowest BCUT2D eigenvalue weighted by molar-refractivity contribution is -0.152. The number of carbonyl (C=O) groups excluding carboxylic acids is 2. The van der Waals surface area contributed by atoms with E-state index in [1.165, 1.54) is 0 Å². The molecule has 0 amide bonds. The van der Waals surface area contributed by atoms with Gasteiger partial charge in [0.05, 0.1) is 11.7 Å². The van der Waals surface area contributed by atoms with Gasteiger partial charge in [-0.1, -0.05) is 35.9 Å². The molecule has 1 aromatic carbocycles. The highest BCUT2D eigenvalue weighted by molar-refractivity contribution is 5.96. The van der Waals surface area contributed by atoms with Crippen LogP contribution in [0.15, 0.2) is 30.4 Å². The maximum Gasteiger partial charge on any atom is 0.339 e. The van der Waals surface area contributed by atoms with Crippen molar-refractivity contribution in [3.05, 3.63) is 52.6 Å². The number of fused-ring (bicyclic) bond motifs is 3. The van der Waals surface area contributed by atoms with E-state index in [2.05, 4.69) is 0 Å². The first-order valence-corrected chi connectivity index (χ1v) is 10.8. The standard InChI is InChI=1S/C25H30O5/c1-15-13-16(2)22-18(14-15)8-6-10-21-23(30-25(3,4)29-21)19(26)12-11-17-7-5-9-20(17)28-24(22)27/h6,8,11-14,17,20-21,23H,5,7,9-10H2,1-4H3/b8-6+,12-11-/t17-,20+,21+,23-/m1/s1. The highest BCUT2D eigenvalue weighted by Gasteiger charge is 2.43. The summed E-state index contributed by atoms with van der Waals surface area (Å²) in [6.07, 6.45) is 9.36. The molecule has 0 unspecified atom stereocenters. The lowest BCUT2D eigenvalue weighted by Gasteiger charge is -2.20. The molecular formula is C25H30O5. The van der Waals surface area contributed by atoms with Crippen LogP contribution in [0, 0.1) is 19.8 Å². The predicted octanol–water partition coefficient (Wildman–Crippen LogP) is 4.69. The molecule has 5 nitrogen and oxygen atoms in total. The Kier molecular flexibility index (Phi) is 5.69. The zero-order valence-electron chi connectivity index (χ0n) is 18.1. The Hall–Kier alpha value is -2.24. The van der Waals surface area contributed by atoms with Crippen molar-refractivity contribution in [2.45, 2.75) is 77.5 Å². The summed E-state index contributed by atoms with van der Waals surface area (Å²) in [5.74, 6) is -1.15. The molecule has 2 heterocycles. The first-order chi connectivity index (χ1) is 14.2. The first-order valence-electron chi connectivity index (χ1n) is 10.8. The molecule has 0 radical (unpaired) electrons. The molecule has 4 atom stereocenters. The minimum Gasteiger partial charge on any atom is -0.458 e. The molecule has 0 bridgehead atoms. The van der Waals surface area contributed by atoms with Gasteiger partial charge in [-0.15, -0.1) is 0 Å². The molecule has 1 saturated heterocycles. The van der Waals surface area contributed by atoms with Crippen molar-refractivity contribution in [1.82, 2.24) is 0 Å². The smallest absolute Gasteiger partial charge is 0.339 e. The topological polar surface area (TPSA) is 61.8 Å². The van der Waals surface area contributed by atoms with E-state index in [0.29, 0.717) is 12.0 Å². The third-order valence-electron chi connectivity index (χ3n) is 6.11. The third-order valence-corrected chi connectivity index (χ3v) is 6.11. The van der Waals surface area contributed by atoms with Crippen LogP contribution in [0.1, 0.15) is 66.6 Å². The highest BCUT2D eigenvalue weighted by atomic mass is 16.8. The quantitative estimate of drug-likeness (QED) is 0.581. The molecule has 3 aliphatic rings. The van der Waals surface area contributed by atoms with Gasteiger partial charge in [0, 0.05) is 5.92 Å². The van der Waals surface area contributed by atoms with Gasteiger partial charge in [0.1, 0.15) is 12.2 Å². The number of benzene rings is 1. The van der Waals surface area contributed by atoms with E-state index in [9.17, 15) is 9.59 Å². The molecule has 5 heteroatoms. The van der Waals surface area contributed by atoms with E-state index in [-0.39, 0.29) is 29.9 Å². The summed E-state index contributed by atoms with van der Waals surface area (Å²) >= 11 is 0. The number of hydrogen-bond donors (Lipinski definition) is 0. The van der Waals surface area contributed by atoms with E-state index >= 15 is 0 Å². The fourth-order valence-corrected chi connectivity index (χ4v) is 4.82. The molecule has 0 spiro atoms. The summed E-state index contributed by atoms with van der Waals surface area (Å²) in [5, 5.41) is 0. The molecule has 2 fully saturated rings. The minimum atomic E-state index is -0.805. The number of ketones is 1. The molecule has 1 aromatic rings. The summed E-state index contributed by atoms with van der Waals surface area (Å²) < 4.78 is 17.9. The van der Waals surface area contributed by atoms with Crippen molar-refractivity contribution in [2.75, 3.05) is 0 Å². The van der Waals surface area contributed by atoms with E-state index in [1.54, 1.807) is 6.08 Å². The van der Waals surface area contributed by atoms with Crippen LogP contribution in [-0.4, -0.2) is 35.9 Å². The van der Waals surface area contributed by atoms with Gasteiger partial charge in [-0.25, -0.2) is 4.79 Å². The van der Waals surface area contributed by atoms with Gasteiger partial charge >= 0.3 is 5.97 Å². The Morgan fingerprint density at radius 2 is 1.80 bits per heavy atom. The SMILES string of the molecule is Cc1cc(C)c2c(c1)/C=C/C[C@@H]1OC(C)(C)O[C@@H]1C(=O)/C=C\[C@H]1CCC[C@@H]1OC2=O. The van der Waals surface area contributed by atoms with Crippen molar-refractivity contribution in [3.63, 3.8) is 0 Å². The van der Waals surface area contributed by atoms with Crippen molar-refractivity contribution >= 4 is 17.8 Å². The summed E-state index contributed by atoms with van der Waals surface area (Å²) in [6.45, 7) is 7.62. The number of aryl methyl sites for hydroxylation is 2. The lowest BCUT2D eigenvalue weighted by atomic mass is 9.96. The Morgan fingerprint density at radius 1 is 1.00 bits per heavy atom. The zero-order chi connectivity index (χ0) is 21.5. The molecule has 160 valence electrons. The molecule has 1 saturated carbocycles. The molecule has 4 rings (SSSR count). The first kappa shape index (κ1) is 21.0. The van der Waals surface area contributed by atoms with Crippen LogP contribution in [0.4, 0.5) is 0 Å². The average Bonchev–Trinajstić information content (AvgIpc) is 3.21. The Labute approximate surface area is 178 Å². The summed E-state index contributed by atoms with van der Waals surface area (Å²) in [5.41, 5.74) is 3.44. The van der Waals surface area contributed by atoms with Crippen LogP contribution in [0.5, 0.6) is 0 Å². The Bertz CT molecular complexity index is 910. The summed E-state index contributed by atoms with van der Waals surface area (Å²) in [4.78, 5) is 26.0. The van der Waals surface area contributed by atoms with Gasteiger partial charge in [0.25, 0.3) is 0 Å². The molecule has 0 N–H and O–H groups in total.